The van der Waals surface area contributed by atoms with Crippen molar-refractivity contribution < 1.29 is 4.74 Å². The van der Waals surface area contributed by atoms with Crippen LogP contribution in [0.25, 0.3) is 0 Å². The van der Waals surface area contributed by atoms with Crippen LogP contribution in [0.5, 0.6) is 5.75 Å². The fourth-order valence-electron chi connectivity index (χ4n) is 5.18. The van der Waals surface area contributed by atoms with Gasteiger partial charge in [0.2, 0.25) is 0 Å². The number of methoxy groups -OCH3 is 1. The second kappa shape index (κ2) is 7.38. The summed E-state index contributed by atoms with van der Waals surface area (Å²) < 4.78 is 5.44. The summed E-state index contributed by atoms with van der Waals surface area (Å²) in [4.78, 5) is 6.31. The zero-order valence-electron chi connectivity index (χ0n) is 16.8. The van der Waals surface area contributed by atoms with Gasteiger partial charge < -0.3 is 4.74 Å². The van der Waals surface area contributed by atoms with Gasteiger partial charge >= 0.3 is 0 Å². The van der Waals surface area contributed by atoms with E-state index in [-0.39, 0.29) is 5.41 Å². The van der Waals surface area contributed by atoms with Crippen molar-refractivity contribution in [2.45, 2.75) is 24.5 Å². The van der Waals surface area contributed by atoms with Gasteiger partial charge in [-0.05, 0) is 47.8 Å². The highest BCUT2D eigenvalue weighted by Gasteiger charge is 2.57. The standard InChI is InChI=1S/C26H25NOS/c1-18-23(17-19-8-6-11-21(16-19)28-2)29-25-14-15-27-24-13-7-12-22(26(18,24)25)20-9-4-3-5-10-20/h3-16,18,22-23H,17H2,1-2H3. The van der Waals surface area contributed by atoms with E-state index in [0.717, 1.165) is 12.2 Å². The second-order valence-corrected chi connectivity index (χ2v) is 9.28. The number of aliphatic imine (C=N–C) groups is 1. The third-order valence-electron chi connectivity index (χ3n) is 6.60. The molecule has 2 heterocycles. The van der Waals surface area contributed by atoms with Gasteiger partial charge in [0.15, 0.2) is 0 Å². The van der Waals surface area contributed by atoms with Crippen LogP contribution in [-0.4, -0.2) is 18.6 Å². The minimum absolute atomic E-state index is 0.0704. The van der Waals surface area contributed by atoms with Gasteiger partial charge in [-0.1, -0.05) is 61.5 Å². The summed E-state index contributed by atoms with van der Waals surface area (Å²) in [7, 11) is 1.73. The highest BCUT2D eigenvalue weighted by atomic mass is 32.2. The molecule has 0 amide bonds. The fourth-order valence-corrected chi connectivity index (χ4v) is 6.95. The lowest BCUT2D eigenvalue weighted by Crippen LogP contribution is -2.39. The van der Waals surface area contributed by atoms with Crippen LogP contribution in [0.15, 0.2) is 94.5 Å². The van der Waals surface area contributed by atoms with Crippen molar-refractivity contribution in [1.82, 2.24) is 0 Å². The maximum atomic E-state index is 5.44. The number of hydrogen-bond acceptors (Lipinski definition) is 3. The lowest BCUT2D eigenvalue weighted by Gasteiger charge is -2.44. The second-order valence-electron chi connectivity index (χ2n) is 8.00. The zero-order chi connectivity index (χ0) is 19.8. The van der Waals surface area contributed by atoms with Crippen LogP contribution >= 0.6 is 11.8 Å². The molecule has 4 unspecified atom stereocenters. The van der Waals surface area contributed by atoms with Crippen LogP contribution in [0.4, 0.5) is 0 Å². The molecule has 5 rings (SSSR count). The molecule has 2 nitrogen and oxygen atoms in total. The number of thioether (sulfide) groups is 1. The summed E-state index contributed by atoms with van der Waals surface area (Å²) >= 11 is 2.04. The molecule has 1 saturated heterocycles. The van der Waals surface area contributed by atoms with Crippen LogP contribution in [0.1, 0.15) is 24.0 Å². The van der Waals surface area contributed by atoms with E-state index >= 15 is 0 Å². The average Bonchev–Trinajstić information content (AvgIpc) is 3.05. The van der Waals surface area contributed by atoms with Crippen molar-refractivity contribution in [2.24, 2.45) is 16.3 Å². The molecule has 0 saturated carbocycles. The number of ether oxygens (including phenoxy) is 1. The predicted molar refractivity (Wildman–Crippen MR) is 123 cm³/mol. The van der Waals surface area contributed by atoms with Gasteiger partial charge in [0.05, 0.1) is 18.2 Å². The molecule has 2 aliphatic heterocycles. The monoisotopic (exact) mass is 399 g/mol. The maximum absolute atomic E-state index is 5.44. The zero-order valence-corrected chi connectivity index (χ0v) is 17.6. The van der Waals surface area contributed by atoms with E-state index in [0.29, 0.717) is 17.1 Å². The smallest absolute Gasteiger partial charge is 0.119 e. The van der Waals surface area contributed by atoms with Crippen molar-refractivity contribution in [2.75, 3.05) is 7.11 Å². The number of dihydropyridines is 1. The van der Waals surface area contributed by atoms with Crippen molar-refractivity contribution >= 4 is 18.0 Å². The molecule has 0 N–H and O–H groups in total. The van der Waals surface area contributed by atoms with Gasteiger partial charge in [-0.25, -0.2) is 0 Å². The minimum Gasteiger partial charge on any atom is -0.497 e. The van der Waals surface area contributed by atoms with E-state index in [1.165, 1.54) is 21.7 Å². The highest BCUT2D eigenvalue weighted by molar-refractivity contribution is 8.04. The normalized spacial score (nSPS) is 29.7. The lowest BCUT2D eigenvalue weighted by molar-refractivity contribution is 0.266. The molecular weight excluding hydrogens is 374 g/mol. The summed E-state index contributed by atoms with van der Waals surface area (Å²) in [5, 5.41) is 0.496. The molecule has 3 heteroatoms. The van der Waals surface area contributed by atoms with E-state index in [9.17, 15) is 0 Å². The maximum Gasteiger partial charge on any atom is 0.119 e. The van der Waals surface area contributed by atoms with Gasteiger partial charge in [-0.15, -0.1) is 11.8 Å². The average molecular weight is 400 g/mol. The molecule has 2 aromatic rings. The lowest BCUT2D eigenvalue weighted by atomic mass is 9.59. The van der Waals surface area contributed by atoms with Crippen LogP contribution in [0.3, 0.4) is 0 Å². The largest absolute Gasteiger partial charge is 0.497 e. The van der Waals surface area contributed by atoms with E-state index < -0.39 is 0 Å². The van der Waals surface area contributed by atoms with Gasteiger partial charge in [0.25, 0.3) is 0 Å². The summed E-state index contributed by atoms with van der Waals surface area (Å²) in [6, 6.07) is 19.4. The first kappa shape index (κ1) is 18.5. The molecule has 1 fully saturated rings. The Morgan fingerprint density at radius 1 is 1.07 bits per heavy atom. The Morgan fingerprint density at radius 3 is 2.76 bits per heavy atom. The molecule has 0 bridgehead atoms. The third-order valence-corrected chi connectivity index (χ3v) is 8.21. The number of hydrogen-bond donors (Lipinski definition) is 0. The first-order chi connectivity index (χ1) is 14.2. The Balaban J connectivity index is 1.55. The Hall–Kier alpha value is -2.52. The molecule has 2 aromatic carbocycles. The van der Waals surface area contributed by atoms with E-state index in [1.807, 2.05) is 24.0 Å². The predicted octanol–water partition coefficient (Wildman–Crippen LogP) is 6.18. The number of nitrogens with zero attached hydrogens (tertiary/aromatic N) is 1. The summed E-state index contributed by atoms with van der Waals surface area (Å²) in [6.07, 6.45) is 12.0. The van der Waals surface area contributed by atoms with Crippen LogP contribution in [0.2, 0.25) is 0 Å². The van der Waals surface area contributed by atoms with Gasteiger partial charge in [0.1, 0.15) is 5.75 Å². The highest BCUT2D eigenvalue weighted by Crippen LogP contribution is 2.67. The van der Waals surface area contributed by atoms with E-state index in [1.54, 1.807) is 7.11 Å². The first-order valence-corrected chi connectivity index (χ1v) is 11.1. The van der Waals surface area contributed by atoms with Crippen molar-refractivity contribution in [1.29, 1.82) is 0 Å². The molecule has 0 aromatic heterocycles. The minimum atomic E-state index is -0.0704. The fraction of sp³-hybridized carbons (Fsp3) is 0.269. The number of rotatable bonds is 4. The molecule has 29 heavy (non-hydrogen) atoms. The first-order valence-electron chi connectivity index (χ1n) is 10.2. The topological polar surface area (TPSA) is 21.6 Å². The van der Waals surface area contributed by atoms with Crippen LogP contribution in [-0.2, 0) is 6.42 Å². The SMILES string of the molecule is COc1cccc(CC2SC3=CC=NC4=CC=CC(c5ccccc5)C43C2C)c1. The molecule has 3 aliphatic rings. The van der Waals surface area contributed by atoms with Gasteiger partial charge in [-0.3, -0.25) is 4.99 Å². The molecule has 4 atom stereocenters. The summed E-state index contributed by atoms with van der Waals surface area (Å²) in [5.74, 6) is 1.70. The molecular formula is C26H25NOS. The Morgan fingerprint density at radius 2 is 1.93 bits per heavy atom. The van der Waals surface area contributed by atoms with Gasteiger partial charge in [-0.2, -0.15) is 0 Å². The number of benzene rings is 2. The van der Waals surface area contributed by atoms with Gasteiger partial charge in [0, 0.05) is 22.3 Å². The quantitative estimate of drug-likeness (QED) is 0.612. The van der Waals surface area contributed by atoms with Crippen LogP contribution in [0, 0.1) is 11.3 Å². The van der Waals surface area contributed by atoms with E-state index in [2.05, 4.69) is 79.8 Å². The third kappa shape index (κ3) is 2.91. The Bertz CT molecular complexity index is 1040. The van der Waals surface area contributed by atoms with Crippen molar-refractivity contribution in [3.8, 4) is 5.75 Å². The molecule has 0 radical (unpaired) electrons. The van der Waals surface area contributed by atoms with E-state index in [4.69, 9.17) is 9.73 Å². The van der Waals surface area contributed by atoms with Crippen LogP contribution < -0.4 is 4.74 Å². The number of allylic oxidation sites excluding steroid dienone is 5. The molecule has 1 spiro atoms. The van der Waals surface area contributed by atoms with Crippen molar-refractivity contribution in [3.05, 3.63) is 101 Å². The van der Waals surface area contributed by atoms with Crippen molar-refractivity contribution in [3.63, 3.8) is 0 Å². The summed E-state index contributed by atoms with van der Waals surface area (Å²) in [6.45, 7) is 2.42. The Labute approximate surface area is 177 Å². The molecule has 1 aliphatic carbocycles. The molecule has 146 valence electrons. The Kier molecular flexibility index (Phi) is 4.71. The summed E-state index contributed by atoms with van der Waals surface area (Å²) in [5.41, 5.74) is 3.84.